The van der Waals surface area contributed by atoms with E-state index in [1.165, 1.54) is 11.1 Å². The summed E-state index contributed by atoms with van der Waals surface area (Å²) in [7, 11) is 1.59. The summed E-state index contributed by atoms with van der Waals surface area (Å²) in [6, 6.07) is 13.9. The normalized spacial score (nSPS) is 14.5. The molecule has 2 aromatic carbocycles. The van der Waals surface area contributed by atoms with Crippen LogP contribution in [0.2, 0.25) is 5.02 Å². The van der Waals surface area contributed by atoms with Gasteiger partial charge in [-0.3, -0.25) is 9.69 Å². The smallest absolute Gasteiger partial charge is 0.227 e. The number of nitrogens with one attached hydrogen (secondary N) is 1. The zero-order valence-corrected chi connectivity index (χ0v) is 17.8. The molecule has 0 spiro atoms. The highest BCUT2D eigenvalue weighted by Crippen LogP contribution is 2.29. The second-order valence-electron chi connectivity index (χ2n) is 6.87. The monoisotopic (exact) mass is 426 g/mol. The van der Waals surface area contributed by atoms with E-state index in [2.05, 4.69) is 41.4 Å². The first-order valence-electron chi connectivity index (χ1n) is 8.97. The highest BCUT2D eigenvalue weighted by atomic mass is 35.5. The summed E-state index contributed by atoms with van der Waals surface area (Å²) in [4.78, 5) is 15.0. The average molecular weight is 427 g/mol. The first-order valence-corrected chi connectivity index (χ1v) is 9.35. The summed E-state index contributed by atoms with van der Waals surface area (Å²) in [5.41, 5.74) is 3.23. The minimum Gasteiger partial charge on any atom is -0.495 e. The number of carbonyl (C=O) groups is 1. The summed E-state index contributed by atoms with van der Waals surface area (Å²) in [5, 5.41) is 3.55. The van der Waals surface area contributed by atoms with E-state index in [-0.39, 0.29) is 29.7 Å². The number of halogens is 2. The highest BCUT2D eigenvalue weighted by Gasteiger charge is 2.25. The van der Waals surface area contributed by atoms with Crippen LogP contribution in [0, 0.1) is 12.8 Å². The van der Waals surface area contributed by atoms with E-state index in [0.717, 1.165) is 32.5 Å². The van der Waals surface area contributed by atoms with Gasteiger partial charge in [0.1, 0.15) is 5.75 Å². The molecule has 0 saturated carbocycles. The van der Waals surface area contributed by atoms with Crippen molar-refractivity contribution in [2.75, 3.05) is 25.5 Å². The second kappa shape index (κ2) is 11.3. The van der Waals surface area contributed by atoms with Gasteiger partial charge < -0.3 is 15.5 Å². The maximum atomic E-state index is 12.6. The van der Waals surface area contributed by atoms with Crippen molar-refractivity contribution < 1.29 is 15.0 Å². The number of hydrogen-bond donors (Lipinski definition) is 1. The Kier molecular flexibility index (Phi) is 9.76. The van der Waals surface area contributed by atoms with Crippen molar-refractivity contribution in [3.05, 3.63) is 58.6 Å². The lowest BCUT2D eigenvalue weighted by molar-refractivity contribution is -0.121. The Morgan fingerprint density at radius 2 is 1.82 bits per heavy atom. The number of rotatable bonds is 5. The molecule has 1 fully saturated rings. The van der Waals surface area contributed by atoms with Crippen LogP contribution < -0.4 is 10.1 Å². The number of methoxy groups -OCH3 is 1. The predicted octanol–water partition coefficient (Wildman–Crippen LogP) is 4.10. The fourth-order valence-corrected chi connectivity index (χ4v) is 3.49. The van der Waals surface area contributed by atoms with Crippen molar-refractivity contribution in [3.63, 3.8) is 0 Å². The fraction of sp³-hybridized carbons (Fsp3) is 0.381. The molecule has 0 bridgehead atoms. The van der Waals surface area contributed by atoms with Gasteiger partial charge in [0.15, 0.2) is 0 Å². The molecule has 2 aromatic rings. The molecule has 1 amide bonds. The van der Waals surface area contributed by atoms with Crippen molar-refractivity contribution in [3.8, 4) is 5.75 Å². The molecule has 3 rings (SSSR count). The molecular weight excluding hydrogens is 399 g/mol. The third-order valence-electron chi connectivity index (χ3n) is 4.90. The molecule has 1 aliphatic heterocycles. The van der Waals surface area contributed by atoms with Gasteiger partial charge in [0.05, 0.1) is 12.8 Å². The van der Waals surface area contributed by atoms with Crippen LogP contribution >= 0.6 is 24.0 Å². The van der Waals surface area contributed by atoms with E-state index in [1.54, 1.807) is 25.3 Å². The number of piperidine rings is 1. The molecule has 1 saturated heterocycles. The van der Waals surface area contributed by atoms with Gasteiger partial charge >= 0.3 is 0 Å². The molecule has 3 N–H and O–H groups in total. The number of aryl methyl sites for hydroxylation is 1. The Hall–Kier alpha value is -1.79. The Morgan fingerprint density at radius 3 is 2.43 bits per heavy atom. The number of nitrogens with zero attached hydrogens (tertiary/aromatic N) is 1. The Balaban J connectivity index is 0.00000196. The second-order valence-corrected chi connectivity index (χ2v) is 7.31. The zero-order valence-electron chi connectivity index (χ0n) is 16.2. The number of amides is 1. The molecule has 1 aliphatic rings. The summed E-state index contributed by atoms with van der Waals surface area (Å²) >= 11 is 6.04. The minimum atomic E-state index is 0. The van der Waals surface area contributed by atoms with Crippen LogP contribution in [0.4, 0.5) is 5.69 Å². The number of hydrogen-bond acceptors (Lipinski definition) is 3. The summed E-state index contributed by atoms with van der Waals surface area (Å²) < 4.78 is 5.30. The summed E-state index contributed by atoms with van der Waals surface area (Å²) in [5.74, 6) is 0.688. The number of anilines is 1. The third kappa shape index (κ3) is 6.38. The molecule has 0 atom stereocenters. The third-order valence-corrected chi connectivity index (χ3v) is 5.14. The first kappa shape index (κ1) is 24.2. The SMILES string of the molecule is COc1ccc(Cl)cc1NC(=O)C1CCN(Cc2ccc(C)cc2)CC1.Cl.O. The maximum absolute atomic E-state index is 12.6. The number of likely N-dealkylation sites (tertiary alicyclic amines) is 1. The largest absolute Gasteiger partial charge is 0.495 e. The molecule has 5 nitrogen and oxygen atoms in total. The van der Waals surface area contributed by atoms with Crippen LogP contribution in [0.5, 0.6) is 5.75 Å². The summed E-state index contributed by atoms with van der Waals surface area (Å²) in [6.07, 6.45) is 1.72. The molecule has 0 radical (unpaired) electrons. The Morgan fingerprint density at radius 1 is 1.18 bits per heavy atom. The molecule has 0 aliphatic carbocycles. The number of benzene rings is 2. The van der Waals surface area contributed by atoms with Gasteiger partial charge in [-0.15, -0.1) is 12.4 Å². The van der Waals surface area contributed by atoms with Gasteiger partial charge in [-0.1, -0.05) is 41.4 Å². The van der Waals surface area contributed by atoms with Gasteiger partial charge in [0.2, 0.25) is 5.91 Å². The van der Waals surface area contributed by atoms with Crippen LogP contribution in [0.25, 0.3) is 0 Å². The van der Waals surface area contributed by atoms with Gasteiger partial charge in [-0.2, -0.15) is 0 Å². The minimum absolute atomic E-state index is 0. The standard InChI is InChI=1S/C21H25ClN2O2.ClH.H2O/c1-15-3-5-16(6-4-15)14-24-11-9-17(10-12-24)21(25)23-19-13-18(22)7-8-20(19)26-2;;/h3-8,13,17H,9-12,14H2,1-2H3,(H,23,25);1H;1H2. The van der Waals surface area contributed by atoms with Crippen molar-refractivity contribution in [2.45, 2.75) is 26.3 Å². The van der Waals surface area contributed by atoms with Crippen molar-refractivity contribution >= 4 is 35.6 Å². The lowest BCUT2D eigenvalue weighted by Gasteiger charge is -2.31. The maximum Gasteiger partial charge on any atom is 0.227 e. The van der Waals surface area contributed by atoms with E-state index >= 15 is 0 Å². The van der Waals surface area contributed by atoms with E-state index < -0.39 is 0 Å². The van der Waals surface area contributed by atoms with Gasteiger partial charge in [0, 0.05) is 17.5 Å². The number of carbonyl (C=O) groups excluding carboxylic acids is 1. The van der Waals surface area contributed by atoms with Crippen LogP contribution in [-0.2, 0) is 11.3 Å². The van der Waals surface area contributed by atoms with Gasteiger partial charge in [-0.25, -0.2) is 0 Å². The van der Waals surface area contributed by atoms with Gasteiger partial charge in [0.25, 0.3) is 0 Å². The lowest BCUT2D eigenvalue weighted by atomic mass is 9.95. The van der Waals surface area contributed by atoms with Crippen molar-refractivity contribution in [2.24, 2.45) is 5.92 Å². The molecule has 7 heteroatoms. The van der Waals surface area contributed by atoms with Crippen molar-refractivity contribution in [1.82, 2.24) is 4.90 Å². The molecule has 154 valence electrons. The van der Waals surface area contributed by atoms with E-state index in [1.807, 2.05) is 0 Å². The van der Waals surface area contributed by atoms with Crippen LogP contribution in [0.15, 0.2) is 42.5 Å². The quantitative estimate of drug-likeness (QED) is 0.781. The molecule has 1 heterocycles. The van der Waals surface area contributed by atoms with Crippen LogP contribution in [0.1, 0.15) is 24.0 Å². The summed E-state index contributed by atoms with van der Waals surface area (Å²) in [6.45, 7) is 4.90. The Labute approximate surface area is 177 Å². The zero-order chi connectivity index (χ0) is 18.5. The molecular formula is C21H28Cl2N2O3. The van der Waals surface area contributed by atoms with Crippen LogP contribution in [0.3, 0.4) is 0 Å². The van der Waals surface area contributed by atoms with E-state index in [0.29, 0.717) is 16.5 Å². The average Bonchev–Trinajstić information content (AvgIpc) is 2.64. The molecule has 28 heavy (non-hydrogen) atoms. The van der Waals surface area contributed by atoms with Crippen molar-refractivity contribution in [1.29, 1.82) is 0 Å². The van der Waals surface area contributed by atoms with E-state index in [9.17, 15) is 4.79 Å². The topological polar surface area (TPSA) is 73.1 Å². The molecule has 0 aromatic heterocycles. The number of ether oxygens (including phenoxy) is 1. The predicted molar refractivity (Wildman–Crippen MR) is 117 cm³/mol. The fourth-order valence-electron chi connectivity index (χ4n) is 3.32. The lowest BCUT2D eigenvalue weighted by Crippen LogP contribution is -2.37. The molecule has 0 unspecified atom stereocenters. The Bertz CT molecular complexity index is 761. The van der Waals surface area contributed by atoms with Crippen LogP contribution in [-0.4, -0.2) is 36.5 Å². The van der Waals surface area contributed by atoms with E-state index in [4.69, 9.17) is 16.3 Å². The highest BCUT2D eigenvalue weighted by molar-refractivity contribution is 6.31. The first-order chi connectivity index (χ1) is 12.5. The van der Waals surface area contributed by atoms with Gasteiger partial charge in [-0.05, 0) is 56.6 Å².